The van der Waals surface area contributed by atoms with Gasteiger partial charge in [-0.3, -0.25) is 14.4 Å². The highest BCUT2D eigenvalue weighted by Crippen LogP contribution is 2.28. The zero-order chi connectivity index (χ0) is 26.5. The molecule has 3 aromatic rings. The molecule has 38 heavy (non-hydrogen) atoms. The van der Waals surface area contributed by atoms with Gasteiger partial charge in [-0.15, -0.1) is 0 Å². The normalized spacial score (nSPS) is 17.8. The van der Waals surface area contributed by atoms with Crippen LogP contribution >= 0.6 is 0 Å². The number of carbonyl (C=O) groups excluding carboxylic acids is 3. The van der Waals surface area contributed by atoms with Gasteiger partial charge in [-0.05, 0) is 36.1 Å². The van der Waals surface area contributed by atoms with Crippen LogP contribution in [0.3, 0.4) is 0 Å². The van der Waals surface area contributed by atoms with Crippen LogP contribution in [0, 0.1) is 0 Å². The van der Waals surface area contributed by atoms with Crippen molar-refractivity contribution < 1.29 is 28.3 Å². The molecule has 8 nitrogen and oxygen atoms in total. The molecule has 1 fully saturated rings. The summed E-state index contributed by atoms with van der Waals surface area (Å²) in [6.07, 6.45) is 3.40. The lowest BCUT2D eigenvalue weighted by Gasteiger charge is -2.25. The number of carbonyl (C=O) groups is 3. The van der Waals surface area contributed by atoms with E-state index in [2.05, 4.69) is 0 Å². The SMILES string of the molecule is COc1cccc(CO[C@H]2CN(CCc3ccccc3)C(=O)CN(C(=O)c3coc4c3C(=O)CCC4)C2)c1. The molecule has 2 amide bonds. The summed E-state index contributed by atoms with van der Waals surface area (Å²) in [5, 5.41) is 0. The summed E-state index contributed by atoms with van der Waals surface area (Å²) in [6, 6.07) is 17.6. The Morgan fingerprint density at radius 1 is 1.03 bits per heavy atom. The molecule has 0 N–H and O–H groups in total. The van der Waals surface area contributed by atoms with E-state index in [0.717, 1.165) is 16.9 Å². The van der Waals surface area contributed by atoms with Crippen LogP contribution in [-0.2, 0) is 29.0 Å². The summed E-state index contributed by atoms with van der Waals surface area (Å²) in [5.74, 6) is 0.683. The van der Waals surface area contributed by atoms with Gasteiger partial charge < -0.3 is 23.7 Å². The van der Waals surface area contributed by atoms with Crippen LogP contribution in [0.25, 0.3) is 0 Å². The first-order chi connectivity index (χ1) is 18.5. The van der Waals surface area contributed by atoms with Gasteiger partial charge in [0.15, 0.2) is 5.78 Å². The molecule has 2 heterocycles. The molecule has 0 spiro atoms. The average Bonchev–Trinajstić information content (AvgIpc) is 3.32. The topological polar surface area (TPSA) is 89.3 Å². The molecule has 0 saturated carbocycles. The molecule has 1 aliphatic heterocycles. The zero-order valence-electron chi connectivity index (χ0n) is 21.6. The van der Waals surface area contributed by atoms with Gasteiger partial charge in [0.25, 0.3) is 5.91 Å². The van der Waals surface area contributed by atoms with Gasteiger partial charge in [-0.25, -0.2) is 0 Å². The number of methoxy groups -OCH3 is 1. The van der Waals surface area contributed by atoms with Gasteiger partial charge in [0.2, 0.25) is 5.91 Å². The van der Waals surface area contributed by atoms with Crippen molar-refractivity contribution in [2.45, 2.75) is 38.4 Å². The molecule has 1 saturated heterocycles. The van der Waals surface area contributed by atoms with Crippen LogP contribution in [-0.4, -0.2) is 66.8 Å². The molecule has 2 aliphatic rings. The first kappa shape index (κ1) is 25.7. The Labute approximate surface area is 222 Å². The Bertz CT molecular complexity index is 1300. The van der Waals surface area contributed by atoms with E-state index in [4.69, 9.17) is 13.9 Å². The number of amides is 2. The van der Waals surface area contributed by atoms with Crippen molar-refractivity contribution in [3.63, 3.8) is 0 Å². The Morgan fingerprint density at radius 2 is 1.84 bits per heavy atom. The van der Waals surface area contributed by atoms with E-state index in [9.17, 15) is 14.4 Å². The van der Waals surface area contributed by atoms with Crippen molar-refractivity contribution in [2.24, 2.45) is 0 Å². The number of hydrogen-bond donors (Lipinski definition) is 0. The number of fused-ring (bicyclic) bond motifs is 1. The summed E-state index contributed by atoms with van der Waals surface area (Å²) in [4.78, 5) is 42.8. The predicted octanol–water partition coefficient (Wildman–Crippen LogP) is 3.92. The predicted molar refractivity (Wildman–Crippen MR) is 140 cm³/mol. The van der Waals surface area contributed by atoms with E-state index < -0.39 is 6.10 Å². The van der Waals surface area contributed by atoms with E-state index >= 15 is 0 Å². The van der Waals surface area contributed by atoms with Crippen molar-refractivity contribution in [3.05, 3.63) is 88.9 Å². The van der Waals surface area contributed by atoms with Gasteiger partial charge in [0.1, 0.15) is 24.3 Å². The van der Waals surface area contributed by atoms with E-state index in [1.807, 2.05) is 54.6 Å². The molecular weight excluding hydrogens is 484 g/mol. The first-order valence-electron chi connectivity index (χ1n) is 13.0. The number of ketones is 1. The minimum atomic E-state index is -0.411. The number of benzene rings is 2. The lowest BCUT2D eigenvalue weighted by molar-refractivity contribution is -0.131. The fourth-order valence-electron chi connectivity index (χ4n) is 5.09. The first-order valence-corrected chi connectivity index (χ1v) is 13.0. The highest BCUT2D eigenvalue weighted by atomic mass is 16.5. The molecule has 0 radical (unpaired) electrons. The summed E-state index contributed by atoms with van der Waals surface area (Å²) >= 11 is 0. The highest BCUT2D eigenvalue weighted by Gasteiger charge is 2.35. The van der Waals surface area contributed by atoms with Crippen LogP contribution in [0.1, 0.15) is 50.4 Å². The molecule has 1 aromatic heterocycles. The van der Waals surface area contributed by atoms with E-state index in [-0.39, 0.29) is 36.3 Å². The summed E-state index contributed by atoms with van der Waals surface area (Å²) in [7, 11) is 1.62. The molecule has 1 atom stereocenters. The second-order valence-electron chi connectivity index (χ2n) is 9.77. The number of rotatable bonds is 8. The van der Waals surface area contributed by atoms with Gasteiger partial charge in [0.05, 0.1) is 30.9 Å². The second-order valence-corrected chi connectivity index (χ2v) is 9.77. The molecule has 1 aliphatic carbocycles. The molecule has 5 rings (SSSR count). The minimum Gasteiger partial charge on any atom is -0.497 e. The number of nitrogens with zero attached hydrogens (tertiary/aromatic N) is 2. The fraction of sp³-hybridized carbons (Fsp3) is 0.367. The van der Waals surface area contributed by atoms with Gasteiger partial charge in [-0.1, -0.05) is 42.5 Å². The molecular formula is C30H32N2O6. The van der Waals surface area contributed by atoms with Crippen molar-refractivity contribution in [1.82, 2.24) is 9.80 Å². The molecule has 0 unspecified atom stereocenters. The quantitative estimate of drug-likeness (QED) is 0.451. The molecule has 0 bridgehead atoms. The van der Waals surface area contributed by atoms with E-state index in [1.165, 1.54) is 11.2 Å². The lowest BCUT2D eigenvalue weighted by atomic mass is 9.93. The standard InChI is InChI=1S/C30H32N2O6/c1-36-23-10-5-9-22(15-23)19-37-24-16-31(14-13-21-7-3-2-4-8-21)28(34)18-32(17-24)30(35)25-20-38-27-12-6-11-26(33)29(25)27/h2-5,7-10,15,20,24H,6,11-14,16-19H2,1H3/t24-/m0/s1. The maximum Gasteiger partial charge on any atom is 0.258 e. The van der Waals surface area contributed by atoms with Crippen molar-refractivity contribution in [3.8, 4) is 5.75 Å². The maximum atomic E-state index is 13.6. The van der Waals surface area contributed by atoms with Crippen molar-refractivity contribution in [1.29, 1.82) is 0 Å². The van der Waals surface area contributed by atoms with Crippen LogP contribution in [0.15, 0.2) is 65.3 Å². The number of hydrogen-bond acceptors (Lipinski definition) is 6. The third kappa shape index (κ3) is 5.81. The third-order valence-electron chi connectivity index (χ3n) is 7.13. The van der Waals surface area contributed by atoms with Crippen molar-refractivity contribution in [2.75, 3.05) is 33.3 Å². The average molecular weight is 517 g/mol. The Balaban J connectivity index is 1.35. The maximum absolute atomic E-state index is 13.6. The van der Waals surface area contributed by atoms with Gasteiger partial charge in [-0.2, -0.15) is 0 Å². The highest BCUT2D eigenvalue weighted by molar-refractivity contribution is 6.09. The number of furan rings is 1. The minimum absolute atomic E-state index is 0.0826. The van der Waals surface area contributed by atoms with Gasteiger partial charge in [0, 0.05) is 32.5 Å². The Kier molecular flexibility index (Phi) is 7.89. The molecule has 198 valence electrons. The van der Waals surface area contributed by atoms with E-state index in [0.29, 0.717) is 56.7 Å². The van der Waals surface area contributed by atoms with Gasteiger partial charge >= 0.3 is 0 Å². The van der Waals surface area contributed by atoms with Crippen LogP contribution < -0.4 is 4.74 Å². The largest absolute Gasteiger partial charge is 0.497 e. The Hall–Kier alpha value is -3.91. The van der Waals surface area contributed by atoms with Crippen LogP contribution in [0.4, 0.5) is 0 Å². The zero-order valence-corrected chi connectivity index (χ0v) is 21.6. The summed E-state index contributed by atoms with van der Waals surface area (Å²) in [5.41, 5.74) is 2.67. The van der Waals surface area contributed by atoms with Crippen LogP contribution in [0.2, 0.25) is 0 Å². The molecule has 2 aromatic carbocycles. The second kappa shape index (κ2) is 11.6. The summed E-state index contributed by atoms with van der Waals surface area (Å²) < 4.78 is 17.2. The van der Waals surface area contributed by atoms with E-state index in [1.54, 1.807) is 12.0 Å². The lowest BCUT2D eigenvalue weighted by Crippen LogP contribution is -2.40. The smallest absolute Gasteiger partial charge is 0.258 e. The number of aryl methyl sites for hydroxylation is 1. The van der Waals surface area contributed by atoms with Crippen LogP contribution in [0.5, 0.6) is 5.75 Å². The fourth-order valence-corrected chi connectivity index (χ4v) is 5.09. The Morgan fingerprint density at radius 3 is 2.66 bits per heavy atom. The molecule has 8 heteroatoms. The third-order valence-corrected chi connectivity index (χ3v) is 7.13. The number of ether oxygens (including phenoxy) is 2. The number of Topliss-reactive ketones (excluding diaryl/α,β-unsaturated/α-hetero) is 1. The monoisotopic (exact) mass is 516 g/mol. The van der Waals surface area contributed by atoms with Crippen molar-refractivity contribution >= 4 is 17.6 Å². The summed E-state index contributed by atoms with van der Waals surface area (Å²) in [6.45, 7) is 1.33.